The highest BCUT2D eigenvalue weighted by Crippen LogP contribution is 1.97. The van der Waals surface area contributed by atoms with Crippen LogP contribution in [0.15, 0.2) is 0 Å². The Morgan fingerprint density at radius 1 is 1.46 bits per heavy atom. The third-order valence-electron chi connectivity index (χ3n) is 1.52. The fraction of sp³-hybridized carbons (Fsp3) is 0.750. The van der Waals surface area contributed by atoms with Gasteiger partial charge in [-0.2, -0.15) is 0 Å². The third kappa shape index (κ3) is 8.81. The lowest BCUT2D eigenvalue weighted by molar-refractivity contribution is -0.124. The quantitative estimate of drug-likeness (QED) is 0.503. The van der Waals surface area contributed by atoms with Crippen molar-refractivity contribution in [2.75, 3.05) is 6.54 Å². The van der Waals surface area contributed by atoms with E-state index in [0.29, 0.717) is 6.42 Å². The molecule has 1 unspecified atom stereocenters. The molecule has 0 aromatic carbocycles. The van der Waals surface area contributed by atoms with E-state index >= 15 is 0 Å². The Balaban J connectivity index is 3.36. The second kappa shape index (κ2) is 6.42. The number of hydrogen-bond donors (Lipinski definition) is 3. The van der Waals surface area contributed by atoms with Crippen LogP contribution in [0.2, 0.25) is 0 Å². The van der Waals surface area contributed by atoms with Crippen LogP contribution in [-0.4, -0.2) is 24.4 Å². The second-order valence-corrected chi connectivity index (χ2v) is 3.11. The summed E-state index contributed by atoms with van der Waals surface area (Å²) in [6.07, 6.45) is 1.95. The highest BCUT2D eigenvalue weighted by Gasteiger charge is 2.02. The van der Waals surface area contributed by atoms with Crippen molar-refractivity contribution in [3.8, 4) is 0 Å². The van der Waals surface area contributed by atoms with Crippen LogP contribution in [0.3, 0.4) is 0 Å². The number of rotatable bonds is 6. The van der Waals surface area contributed by atoms with Gasteiger partial charge >= 0.3 is 0 Å². The highest BCUT2D eigenvalue weighted by atomic mass is 16.2. The Kier molecular flexibility index (Phi) is 5.88. The topological polar surface area (TPSA) is 98.2 Å². The van der Waals surface area contributed by atoms with Crippen molar-refractivity contribution in [2.24, 2.45) is 11.5 Å². The average Bonchev–Trinajstić information content (AvgIpc) is 2.00. The molecule has 13 heavy (non-hydrogen) atoms. The maximum atomic E-state index is 11.0. The molecule has 76 valence electrons. The molecule has 0 fully saturated rings. The maximum absolute atomic E-state index is 11.0. The molecule has 0 saturated carbocycles. The molecule has 5 heteroatoms. The maximum Gasteiger partial charge on any atom is 0.236 e. The number of carbonyl (C=O) groups excluding carboxylic acids is 2. The zero-order valence-electron chi connectivity index (χ0n) is 7.88. The number of nitrogens with one attached hydrogen (secondary N) is 1. The first-order valence-corrected chi connectivity index (χ1v) is 4.33. The van der Waals surface area contributed by atoms with Crippen molar-refractivity contribution in [1.29, 1.82) is 0 Å². The SMILES string of the molecule is CC(N)CCCC(=O)NCC(N)=O. The van der Waals surface area contributed by atoms with Crippen molar-refractivity contribution in [1.82, 2.24) is 5.32 Å². The van der Waals surface area contributed by atoms with E-state index in [2.05, 4.69) is 5.32 Å². The van der Waals surface area contributed by atoms with Gasteiger partial charge in [0.1, 0.15) is 0 Å². The van der Waals surface area contributed by atoms with Gasteiger partial charge in [0.2, 0.25) is 11.8 Å². The standard InChI is InChI=1S/C8H17N3O2/c1-6(9)3-2-4-8(13)11-5-7(10)12/h6H,2-5,9H2,1H3,(H2,10,12)(H,11,13). The summed E-state index contributed by atoms with van der Waals surface area (Å²) in [7, 11) is 0. The number of carbonyl (C=O) groups is 2. The monoisotopic (exact) mass is 187 g/mol. The van der Waals surface area contributed by atoms with Crippen molar-refractivity contribution in [2.45, 2.75) is 32.2 Å². The number of amides is 2. The number of primary amides is 1. The molecule has 0 radical (unpaired) electrons. The lowest BCUT2D eigenvalue weighted by Gasteiger charge is -2.04. The third-order valence-corrected chi connectivity index (χ3v) is 1.52. The predicted octanol–water partition coefficient (Wildman–Crippen LogP) is -0.895. The van der Waals surface area contributed by atoms with Gasteiger partial charge in [-0.05, 0) is 19.8 Å². The minimum absolute atomic E-state index is 0.0863. The van der Waals surface area contributed by atoms with Crippen LogP contribution >= 0.6 is 0 Å². The van der Waals surface area contributed by atoms with Crippen molar-refractivity contribution in [3.63, 3.8) is 0 Å². The second-order valence-electron chi connectivity index (χ2n) is 3.11. The molecular formula is C8H17N3O2. The van der Waals surface area contributed by atoms with Crippen molar-refractivity contribution < 1.29 is 9.59 Å². The molecule has 0 aliphatic carbocycles. The summed E-state index contributed by atoms with van der Waals surface area (Å²) in [5.74, 6) is -0.681. The fourth-order valence-electron chi connectivity index (χ4n) is 0.859. The summed E-state index contributed by atoms with van der Waals surface area (Å²) in [6.45, 7) is 1.80. The van der Waals surface area contributed by atoms with E-state index in [1.165, 1.54) is 0 Å². The van der Waals surface area contributed by atoms with E-state index in [9.17, 15) is 9.59 Å². The Morgan fingerprint density at radius 3 is 2.54 bits per heavy atom. The van der Waals surface area contributed by atoms with Gasteiger partial charge in [-0.1, -0.05) is 0 Å². The van der Waals surface area contributed by atoms with E-state index in [-0.39, 0.29) is 18.5 Å². The predicted molar refractivity (Wildman–Crippen MR) is 49.7 cm³/mol. The summed E-state index contributed by atoms with van der Waals surface area (Å²) in [6, 6.07) is 0.115. The van der Waals surface area contributed by atoms with Crippen LogP contribution in [0.4, 0.5) is 0 Å². The lowest BCUT2D eigenvalue weighted by atomic mass is 10.1. The smallest absolute Gasteiger partial charge is 0.236 e. The van der Waals surface area contributed by atoms with Gasteiger partial charge in [0.15, 0.2) is 0 Å². The van der Waals surface area contributed by atoms with Gasteiger partial charge in [0.05, 0.1) is 6.54 Å². The molecule has 0 spiro atoms. The molecule has 1 atom stereocenters. The summed E-state index contributed by atoms with van der Waals surface area (Å²) >= 11 is 0. The van der Waals surface area contributed by atoms with Crippen LogP contribution in [0.25, 0.3) is 0 Å². The zero-order chi connectivity index (χ0) is 10.3. The summed E-state index contributed by atoms with van der Waals surface area (Å²) in [5, 5.41) is 2.40. The Hall–Kier alpha value is -1.10. The van der Waals surface area contributed by atoms with Gasteiger partial charge in [-0.15, -0.1) is 0 Å². The molecule has 0 aliphatic heterocycles. The highest BCUT2D eigenvalue weighted by molar-refractivity contribution is 5.83. The van der Waals surface area contributed by atoms with Crippen LogP contribution in [0.1, 0.15) is 26.2 Å². The molecule has 0 aromatic rings. The van der Waals surface area contributed by atoms with E-state index in [1.807, 2.05) is 6.92 Å². The molecule has 0 aromatic heterocycles. The summed E-state index contributed by atoms with van der Waals surface area (Å²) in [5.41, 5.74) is 10.3. The Labute approximate surface area is 77.8 Å². The molecule has 5 nitrogen and oxygen atoms in total. The Morgan fingerprint density at radius 2 is 2.08 bits per heavy atom. The van der Waals surface area contributed by atoms with Crippen molar-refractivity contribution in [3.05, 3.63) is 0 Å². The minimum atomic E-state index is -0.527. The molecule has 5 N–H and O–H groups in total. The van der Waals surface area contributed by atoms with Crippen molar-refractivity contribution >= 4 is 11.8 Å². The first-order valence-electron chi connectivity index (χ1n) is 4.33. The van der Waals surface area contributed by atoms with Crippen LogP contribution in [0, 0.1) is 0 Å². The molecule has 0 saturated heterocycles. The minimum Gasteiger partial charge on any atom is -0.368 e. The van der Waals surface area contributed by atoms with Gasteiger partial charge in [-0.3, -0.25) is 9.59 Å². The number of nitrogens with two attached hydrogens (primary N) is 2. The molecular weight excluding hydrogens is 170 g/mol. The van der Waals surface area contributed by atoms with E-state index < -0.39 is 5.91 Å². The zero-order valence-corrected chi connectivity index (χ0v) is 7.88. The van der Waals surface area contributed by atoms with Gasteiger partial charge < -0.3 is 16.8 Å². The largest absolute Gasteiger partial charge is 0.368 e. The summed E-state index contributed by atoms with van der Waals surface area (Å²) in [4.78, 5) is 21.2. The van der Waals surface area contributed by atoms with E-state index in [1.54, 1.807) is 0 Å². The van der Waals surface area contributed by atoms with Gasteiger partial charge in [0.25, 0.3) is 0 Å². The van der Waals surface area contributed by atoms with E-state index in [4.69, 9.17) is 11.5 Å². The van der Waals surface area contributed by atoms with E-state index in [0.717, 1.165) is 12.8 Å². The summed E-state index contributed by atoms with van der Waals surface area (Å²) < 4.78 is 0. The number of hydrogen-bond acceptors (Lipinski definition) is 3. The molecule has 2 amide bonds. The van der Waals surface area contributed by atoms with Crippen LogP contribution in [-0.2, 0) is 9.59 Å². The average molecular weight is 187 g/mol. The first kappa shape index (κ1) is 11.9. The van der Waals surface area contributed by atoms with Gasteiger partial charge in [0, 0.05) is 12.5 Å². The molecule has 0 bridgehead atoms. The normalized spacial score (nSPS) is 12.2. The Bertz CT molecular complexity index is 180. The first-order chi connectivity index (χ1) is 6.02. The molecule has 0 rings (SSSR count). The molecule has 0 heterocycles. The van der Waals surface area contributed by atoms with Crippen LogP contribution in [0.5, 0.6) is 0 Å². The molecule has 0 aliphatic rings. The lowest BCUT2D eigenvalue weighted by Crippen LogP contribution is -2.33. The fourth-order valence-corrected chi connectivity index (χ4v) is 0.859. The van der Waals surface area contributed by atoms with Gasteiger partial charge in [-0.25, -0.2) is 0 Å². The van der Waals surface area contributed by atoms with Crippen LogP contribution < -0.4 is 16.8 Å².